The highest BCUT2D eigenvalue weighted by Gasteiger charge is 2.49. The number of benzene rings is 1. The van der Waals surface area contributed by atoms with Crippen LogP contribution in [0, 0.1) is 11.8 Å². The number of phenolic OH excluding ortho intramolecular Hbond substituents is 1. The molecular formula is C24H28O11. The summed E-state index contributed by atoms with van der Waals surface area (Å²) in [7, 11) is 0. The summed E-state index contributed by atoms with van der Waals surface area (Å²) in [5.74, 6) is -1.58. The van der Waals surface area contributed by atoms with Gasteiger partial charge in [0.25, 0.3) is 0 Å². The van der Waals surface area contributed by atoms with Gasteiger partial charge < -0.3 is 49.6 Å². The van der Waals surface area contributed by atoms with Gasteiger partial charge in [0.05, 0.1) is 24.9 Å². The summed E-state index contributed by atoms with van der Waals surface area (Å²) in [6.07, 6.45) is -2.08. The number of fused-ring (bicyclic) bond motifs is 1. The van der Waals surface area contributed by atoms with Crippen molar-refractivity contribution >= 4 is 12.0 Å². The summed E-state index contributed by atoms with van der Waals surface area (Å²) < 4.78 is 22.0. The summed E-state index contributed by atoms with van der Waals surface area (Å²) in [5.41, 5.74) is 1.21. The SMILES string of the molecule is O=C(C=Cc1ccc(O)cc1)OCC1=C[C@H](O)[C@H]2C=CO[C@H](O[C@@H]3O[C@H](CO)[C@@H](O)[C@H](O)[C@H]3O)[C@@H]12. The zero-order chi connectivity index (χ0) is 25.1. The zero-order valence-corrected chi connectivity index (χ0v) is 18.5. The fourth-order valence-corrected chi connectivity index (χ4v) is 4.31. The molecule has 4 rings (SSSR count). The van der Waals surface area contributed by atoms with Crippen LogP contribution in [0.3, 0.4) is 0 Å². The van der Waals surface area contributed by atoms with Crippen LogP contribution in [-0.2, 0) is 23.7 Å². The smallest absolute Gasteiger partial charge is 0.331 e. The normalized spacial score (nSPS) is 36.5. The predicted molar refractivity (Wildman–Crippen MR) is 118 cm³/mol. The van der Waals surface area contributed by atoms with Crippen molar-refractivity contribution in [1.82, 2.24) is 0 Å². The van der Waals surface area contributed by atoms with Gasteiger partial charge in [-0.05, 0) is 35.4 Å². The van der Waals surface area contributed by atoms with Crippen LogP contribution in [0.5, 0.6) is 5.75 Å². The van der Waals surface area contributed by atoms with Gasteiger partial charge in [-0.3, -0.25) is 0 Å². The Hall–Kier alpha value is -2.77. The third-order valence-corrected chi connectivity index (χ3v) is 6.23. The number of esters is 1. The van der Waals surface area contributed by atoms with Crippen molar-refractivity contribution in [1.29, 1.82) is 0 Å². The minimum absolute atomic E-state index is 0.107. The molecule has 0 spiro atoms. The van der Waals surface area contributed by atoms with E-state index >= 15 is 0 Å². The molecule has 11 heteroatoms. The number of ether oxygens (including phenoxy) is 4. The zero-order valence-electron chi connectivity index (χ0n) is 18.5. The van der Waals surface area contributed by atoms with Gasteiger partial charge >= 0.3 is 5.97 Å². The van der Waals surface area contributed by atoms with Crippen molar-refractivity contribution in [3.63, 3.8) is 0 Å². The average molecular weight is 492 g/mol. The Bertz CT molecular complexity index is 970. The molecule has 9 atom stereocenters. The fourth-order valence-electron chi connectivity index (χ4n) is 4.31. The molecule has 6 N–H and O–H groups in total. The van der Waals surface area contributed by atoms with Crippen LogP contribution in [0.4, 0.5) is 0 Å². The van der Waals surface area contributed by atoms with Gasteiger partial charge in [0, 0.05) is 12.0 Å². The van der Waals surface area contributed by atoms with Crippen LogP contribution in [0.2, 0.25) is 0 Å². The summed E-state index contributed by atoms with van der Waals surface area (Å²) >= 11 is 0. The second-order valence-electron chi connectivity index (χ2n) is 8.53. The standard InChI is InChI=1S/C24H28O11/c25-10-17-20(29)21(30)22(31)24(34-17)35-23-19-13(9-16(27)15(19)7-8-32-23)11-33-18(28)6-3-12-1-4-14(26)5-2-12/h1-9,15-17,19-27,29-31H,10-11H2/t15-,16+,17-,19+,20-,21+,22-,23-,24+/m1/s1. The Balaban J connectivity index is 1.40. The predicted octanol–water partition coefficient (Wildman–Crippen LogP) is -0.832. The molecule has 0 amide bonds. The molecule has 3 aliphatic rings. The third-order valence-electron chi connectivity index (χ3n) is 6.23. The van der Waals surface area contributed by atoms with Gasteiger partial charge in [0.15, 0.2) is 6.29 Å². The lowest BCUT2D eigenvalue weighted by Gasteiger charge is -2.42. The highest BCUT2D eigenvalue weighted by atomic mass is 16.8. The molecule has 11 nitrogen and oxygen atoms in total. The van der Waals surface area contributed by atoms with Gasteiger partial charge in [-0.1, -0.05) is 18.2 Å². The molecule has 190 valence electrons. The lowest BCUT2D eigenvalue weighted by atomic mass is 9.88. The molecule has 1 saturated heterocycles. The summed E-state index contributed by atoms with van der Waals surface area (Å²) in [6, 6.07) is 6.24. The molecule has 1 aliphatic carbocycles. The van der Waals surface area contributed by atoms with Gasteiger partial charge in [0.1, 0.15) is 36.8 Å². The maximum Gasteiger partial charge on any atom is 0.331 e. The molecule has 0 unspecified atom stereocenters. The Morgan fingerprint density at radius 3 is 2.49 bits per heavy atom. The van der Waals surface area contributed by atoms with Crippen LogP contribution in [0.25, 0.3) is 6.08 Å². The van der Waals surface area contributed by atoms with Crippen molar-refractivity contribution in [3.05, 3.63) is 59.9 Å². The lowest BCUT2D eigenvalue weighted by molar-refractivity contribution is -0.339. The molecular weight excluding hydrogens is 464 g/mol. The molecule has 2 aliphatic heterocycles. The van der Waals surface area contributed by atoms with Gasteiger partial charge in [-0.15, -0.1) is 0 Å². The minimum atomic E-state index is -1.62. The largest absolute Gasteiger partial charge is 0.508 e. The summed E-state index contributed by atoms with van der Waals surface area (Å²) in [4.78, 5) is 12.2. The second-order valence-corrected chi connectivity index (χ2v) is 8.53. The topological polar surface area (TPSA) is 175 Å². The van der Waals surface area contributed by atoms with Gasteiger partial charge in [-0.25, -0.2) is 4.79 Å². The van der Waals surface area contributed by atoms with E-state index in [1.54, 1.807) is 18.2 Å². The summed E-state index contributed by atoms with van der Waals surface area (Å²) in [5, 5.41) is 59.4. The van der Waals surface area contributed by atoms with Gasteiger partial charge in [-0.2, -0.15) is 0 Å². The molecule has 0 bridgehead atoms. The first-order valence-electron chi connectivity index (χ1n) is 11.1. The number of aliphatic hydroxyl groups excluding tert-OH is 5. The minimum Gasteiger partial charge on any atom is -0.508 e. The number of hydrogen-bond donors (Lipinski definition) is 6. The third kappa shape index (κ3) is 5.57. The number of aromatic hydroxyl groups is 1. The first-order valence-corrected chi connectivity index (χ1v) is 11.1. The van der Waals surface area contributed by atoms with Crippen LogP contribution >= 0.6 is 0 Å². The van der Waals surface area contributed by atoms with E-state index in [0.29, 0.717) is 11.1 Å². The monoisotopic (exact) mass is 492 g/mol. The van der Waals surface area contributed by atoms with Crippen molar-refractivity contribution in [2.45, 2.75) is 43.1 Å². The maximum atomic E-state index is 12.2. The maximum absolute atomic E-state index is 12.2. The van der Waals surface area contributed by atoms with E-state index in [-0.39, 0.29) is 12.4 Å². The quantitative estimate of drug-likeness (QED) is 0.159. The molecule has 35 heavy (non-hydrogen) atoms. The number of carbonyl (C=O) groups is 1. The van der Waals surface area contributed by atoms with Crippen LogP contribution in [0.15, 0.2) is 54.3 Å². The van der Waals surface area contributed by atoms with E-state index in [9.17, 15) is 35.4 Å². The number of carbonyl (C=O) groups excluding carboxylic acids is 1. The van der Waals surface area contributed by atoms with E-state index < -0.39 is 67.5 Å². The Labute approximate surface area is 200 Å². The van der Waals surface area contributed by atoms with E-state index in [4.69, 9.17) is 18.9 Å². The van der Waals surface area contributed by atoms with Crippen molar-refractivity contribution in [3.8, 4) is 5.75 Å². The van der Waals surface area contributed by atoms with Crippen molar-refractivity contribution < 1.29 is 54.4 Å². The van der Waals surface area contributed by atoms with E-state index in [1.807, 2.05) is 0 Å². The highest BCUT2D eigenvalue weighted by Crippen LogP contribution is 2.41. The van der Waals surface area contributed by atoms with E-state index in [2.05, 4.69) is 0 Å². The Kier molecular flexibility index (Phi) is 7.87. The van der Waals surface area contributed by atoms with Gasteiger partial charge in [0.2, 0.25) is 6.29 Å². The number of phenols is 1. The first kappa shape index (κ1) is 25.3. The molecule has 0 saturated carbocycles. The molecule has 0 radical (unpaired) electrons. The molecule has 1 aromatic rings. The highest BCUT2D eigenvalue weighted by molar-refractivity contribution is 5.87. The van der Waals surface area contributed by atoms with E-state index in [1.165, 1.54) is 36.6 Å². The average Bonchev–Trinajstić information content (AvgIpc) is 3.19. The van der Waals surface area contributed by atoms with Crippen LogP contribution in [-0.4, -0.2) is 92.9 Å². The van der Waals surface area contributed by atoms with Crippen LogP contribution in [0.1, 0.15) is 5.56 Å². The van der Waals surface area contributed by atoms with Crippen molar-refractivity contribution in [2.75, 3.05) is 13.2 Å². The second kappa shape index (κ2) is 10.9. The number of rotatable bonds is 7. The first-order chi connectivity index (χ1) is 16.8. The lowest BCUT2D eigenvalue weighted by Crippen LogP contribution is -2.60. The van der Waals surface area contributed by atoms with E-state index in [0.717, 1.165) is 0 Å². The number of hydrogen-bond acceptors (Lipinski definition) is 11. The van der Waals surface area contributed by atoms with Crippen LogP contribution < -0.4 is 0 Å². The Morgan fingerprint density at radius 2 is 1.77 bits per heavy atom. The molecule has 2 heterocycles. The fraction of sp³-hybridized carbons (Fsp3) is 0.458. The molecule has 0 aromatic heterocycles. The summed E-state index contributed by atoms with van der Waals surface area (Å²) in [6.45, 7) is -0.775. The number of aliphatic hydroxyl groups is 5. The van der Waals surface area contributed by atoms with Crippen molar-refractivity contribution in [2.24, 2.45) is 11.8 Å². The molecule has 1 fully saturated rings. The molecule has 1 aromatic carbocycles. The Morgan fingerprint density at radius 1 is 1.03 bits per heavy atom.